The van der Waals surface area contributed by atoms with E-state index in [1.54, 1.807) is 0 Å². The normalized spacial score (nSPS) is 30.2. The van der Waals surface area contributed by atoms with Gasteiger partial charge in [-0.3, -0.25) is 0 Å². The van der Waals surface area contributed by atoms with E-state index in [1.807, 2.05) is 0 Å². The van der Waals surface area contributed by atoms with E-state index in [-0.39, 0.29) is 36.6 Å². The minimum Gasteiger partial charge on any atom is -0.403 e. The standard InChI is InChI=1S/C32H64B2O4/c1-19(21(3)23(5)25(7)27(9)33-35-29(11,12)30(13,14)36-33)20(2)22(4)24(6)26(8)28(10)34-37-31(15,16)32(17,18)38-34/h19-28H,1-18H3/t19-,20-,21+,22+,23-,24-,25+,26+,27-,28-/m1/s1. The largest absolute Gasteiger partial charge is 0.461 e. The second-order valence-corrected chi connectivity index (χ2v) is 15.8. The average Bonchev–Trinajstić information content (AvgIpc) is 3.18. The van der Waals surface area contributed by atoms with E-state index >= 15 is 0 Å². The van der Waals surface area contributed by atoms with E-state index < -0.39 is 0 Å². The molecular weight excluding hydrogens is 470 g/mol. The van der Waals surface area contributed by atoms with Crippen LogP contribution in [-0.4, -0.2) is 36.6 Å². The summed E-state index contributed by atoms with van der Waals surface area (Å²) in [4.78, 5) is 0. The van der Waals surface area contributed by atoms with Crippen LogP contribution in [0.3, 0.4) is 0 Å². The Labute approximate surface area is 238 Å². The fourth-order valence-corrected chi connectivity index (χ4v) is 6.53. The molecule has 0 bridgehead atoms. The quantitative estimate of drug-likeness (QED) is 0.248. The predicted molar refractivity (Wildman–Crippen MR) is 164 cm³/mol. The summed E-state index contributed by atoms with van der Waals surface area (Å²) in [6.45, 7) is 41.4. The monoisotopic (exact) mass is 534 g/mol. The predicted octanol–water partition coefficient (Wildman–Crippen LogP) is 9.04. The van der Waals surface area contributed by atoms with Gasteiger partial charge < -0.3 is 18.6 Å². The van der Waals surface area contributed by atoms with E-state index in [1.165, 1.54) is 0 Å². The van der Waals surface area contributed by atoms with E-state index in [4.69, 9.17) is 18.6 Å². The van der Waals surface area contributed by atoms with Crippen LogP contribution in [0, 0.1) is 47.3 Å². The van der Waals surface area contributed by atoms with Gasteiger partial charge in [0, 0.05) is 0 Å². The first-order chi connectivity index (χ1) is 17.0. The molecule has 2 aliphatic heterocycles. The molecule has 4 nitrogen and oxygen atoms in total. The molecular formula is C32H64B2O4. The summed E-state index contributed by atoms with van der Waals surface area (Å²) >= 11 is 0. The van der Waals surface area contributed by atoms with E-state index in [2.05, 4.69) is 125 Å². The van der Waals surface area contributed by atoms with E-state index in [0.29, 0.717) is 59.0 Å². The van der Waals surface area contributed by atoms with Crippen molar-refractivity contribution in [3.63, 3.8) is 0 Å². The Hall–Kier alpha value is -0.0301. The maximum atomic E-state index is 6.43. The Balaban J connectivity index is 2.02. The lowest BCUT2D eigenvalue weighted by molar-refractivity contribution is 0.00578. The molecule has 0 radical (unpaired) electrons. The van der Waals surface area contributed by atoms with Crippen molar-refractivity contribution in [3.8, 4) is 0 Å². The number of rotatable bonds is 11. The van der Waals surface area contributed by atoms with Crippen molar-refractivity contribution in [2.24, 2.45) is 47.3 Å². The summed E-state index contributed by atoms with van der Waals surface area (Å²) < 4.78 is 25.7. The van der Waals surface area contributed by atoms with E-state index in [0.717, 1.165) is 0 Å². The summed E-state index contributed by atoms with van der Waals surface area (Å²) in [6, 6.07) is 0. The SMILES string of the molecule is C[C@H]([C@@H](C)[C@H](C)[C@@H](C)[C@H](C)[C@@H](C)B1OC(C)(C)C(C)(C)O1)[C@H](C)[C@@H](C)[C@H](C)[C@@H](C)B1OC(C)(C)C(C)(C)O1. The maximum absolute atomic E-state index is 6.43. The molecule has 2 aliphatic rings. The molecule has 2 heterocycles. The maximum Gasteiger partial charge on any atom is 0.461 e. The first-order valence-electron chi connectivity index (χ1n) is 15.7. The van der Waals surface area contributed by atoms with Crippen molar-refractivity contribution in [1.29, 1.82) is 0 Å². The highest BCUT2D eigenvalue weighted by atomic mass is 16.7. The molecule has 0 aromatic rings. The summed E-state index contributed by atoms with van der Waals surface area (Å²) in [6.07, 6.45) is 0. The Morgan fingerprint density at radius 2 is 0.474 bits per heavy atom. The lowest BCUT2D eigenvalue weighted by Crippen LogP contribution is -2.41. The van der Waals surface area contributed by atoms with Crippen LogP contribution < -0.4 is 0 Å². The fraction of sp³-hybridized carbons (Fsp3) is 1.00. The summed E-state index contributed by atoms with van der Waals surface area (Å²) in [5, 5.41) is 0. The summed E-state index contributed by atoms with van der Waals surface area (Å²) in [7, 11) is -0.290. The third-order valence-corrected chi connectivity index (χ3v) is 12.9. The highest BCUT2D eigenvalue weighted by molar-refractivity contribution is 6.47. The Kier molecular flexibility index (Phi) is 10.5. The van der Waals surface area contributed by atoms with Gasteiger partial charge in [-0.15, -0.1) is 0 Å². The van der Waals surface area contributed by atoms with Crippen LogP contribution in [0.1, 0.15) is 125 Å². The lowest BCUT2D eigenvalue weighted by Gasteiger charge is -2.41. The molecule has 6 heteroatoms. The van der Waals surface area contributed by atoms with Gasteiger partial charge in [0.1, 0.15) is 0 Å². The molecule has 2 saturated heterocycles. The first kappa shape index (κ1) is 34.2. The smallest absolute Gasteiger partial charge is 0.403 e. The topological polar surface area (TPSA) is 36.9 Å². The van der Waals surface area contributed by atoms with Crippen molar-refractivity contribution in [3.05, 3.63) is 0 Å². The molecule has 0 amide bonds. The van der Waals surface area contributed by atoms with Crippen LogP contribution in [0.15, 0.2) is 0 Å². The molecule has 10 atom stereocenters. The van der Waals surface area contributed by atoms with Crippen molar-refractivity contribution in [1.82, 2.24) is 0 Å². The molecule has 0 spiro atoms. The fourth-order valence-electron chi connectivity index (χ4n) is 6.53. The van der Waals surface area contributed by atoms with Crippen LogP contribution in [0.4, 0.5) is 0 Å². The molecule has 2 rings (SSSR count). The van der Waals surface area contributed by atoms with Crippen LogP contribution in [0.25, 0.3) is 0 Å². The second kappa shape index (κ2) is 11.7. The highest BCUT2D eigenvalue weighted by Gasteiger charge is 2.55. The first-order valence-corrected chi connectivity index (χ1v) is 15.7. The van der Waals surface area contributed by atoms with Gasteiger partial charge in [0.15, 0.2) is 0 Å². The zero-order valence-electron chi connectivity index (χ0n) is 28.6. The van der Waals surface area contributed by atoms with Gasteiger partial charge in [-0.25, -0.2) is 0 Å². The molecule has 0 N–H and O–H groups in total. The Morgan fingerprint density at radius 3 is 0.658 bits per heavy atom. The molecule has 2 fully saturated rings. The van der Waals surface area contributed by atoms with Gasteiger partial charge in [-0.05, 0) is 114 Å². The summed E-state index contributed by atoms with van der Waals surface area (Å²) in [5.41, 5.74) is -1.10. The number of hydrogen-bond acceptors (Lipinski definition) is 4. The van der Waals surface area contributed by atoms with Crippen LogP contribution in [0.2, 0.25) is 11.6 Å². The summed E-state index contributed by atoms with van der Waals surface area (Å²) in [5.74, 6) is 5.29. The molecule has 222 valence electrons. The molecule has 0 aromatic carbocycles. The van der Waals surface area contributed by atoms with Gasteiger partial charge >= 0.3 is 14.2 Å². The van der Waals surface area contributed by atoms with Gasteiger partial charge in [-0.1, -0.05) is 69.2 Å². The van der Waals surface area contributed by atoms with Gasteiger partial charge in [0.05, 0.1) is 22.4 Å². The third kappa shape index (κ3) is 6.55. The average molecular weight is 534 g/mol. The molecule has 0 unspecified atom stereocenters. The van der Waals surface area contributed by atoms with Gasteiger partial charge in [0.2, 0.25) is 0 Å². The van der Waals surface area contributed by atoms with Crippen molar-refractivity contribution < 1.29 is 18.6 Å². The lowest BCUT2D eigenvalue weighted by atomic mass is 9.58. The second-order valence-electron chi connectivity index (χ2n) is 15.8. The molecule has 0 aromatic heterocycles. The van der Waals surface area contributed by atoms with Crippen LogP contribution in [-0.2, 0) is 18.6 Å². The molecule has 0 aliphatic carbocycles. The molecule has 0 saturated carbocycles. The van der Waals surface area contributed by atoms with Crippen LogP contribution >= 0.6 is 0 Å². The van der Waals surface area contributed by atoms with Crippen molar-refractivity contribution in [2.45, 2.75) is 159 Å². The van der Waals surface area contributed by atoms with E-state index in [9.17, 15) is 0 Å². The highest BCUT2D eigenvalue weighted by Crippen LogP contribution is 2.47. The van der Waals surface area contributed by atoms with Crippen molar-refractivity contribution >= 4 is 14.2 Å². The zero-order valence-corrected chi connectivity index (χ0v) is 28.6. The van der Waals surface area contributed by atoms with Gasteiger partial charge in [-0.2, -0.15) is 0 Å². The minimum absolute atomic E-state index is 0.145. The van der Waals surface area contributed by atoms with Crippen molar-refractivity contribution in [2.75, 3.05) is 0 Å². The van der Waals surface area contributed by atoms with Gasteiger partial charge in [0.25, 0.3) is 0 Å². The Bertz CT molecular complexity index is 685. The minimum atomic E-state index is -0.276. The van der Waals surface area contributed by atoms with Crippen LogP contribution in [0.5, 0.6) is 0 Å². The number of hydrogen-bond donors (Lipinski definition) is 0. The molecule has 38 heavy (non-hydrogen) atoms. The Morgan fingerprint density at radius 1 is 0.316 bits per heavy atom. The zero-order chi connectivity index (χ0) is 29.8. The third-order valence-electron chi connectivity index (χ3n) is 12.9.